The summed E-state index contributed by atoms with van der Waals surface area (Å²) in [6.07, 6.45) is 9.31. The van der Waals surface area contributed by atoms with E-state index in [4.69, 9.17) is 11.6 Å². The van der Waals surface area contributed by atoms with Crippen LogP contribution in [-0.2, 0) is 0 Å². The third-order valence-electron chi connectivity index (χ3n) is 3.80. The van der Waals surface area contributed by atoms with Crippen molar-refractivity contribution in [2.45, 2.75) is 38.6 Å². The fourth-order valence-corrected chi connectivity index (χ4v) is 2.95. The normalized spacial score (nSPS) is 20.4. The zero-order valence-electron chi connectivity index (χ0n) is 9.99. The van der Waals surface area contributed by atoms with E-state index in [0.717, 1.165) is 17.9 Å². The number of hydrogen-bond donors (Lipinski definition) is 0. The van der Waals surface area contributed by atoms with Crippen molar-refractivity contribution < 1.29 is 0 Å². The molecule has 90 valence electrons. The minimum Gasteiger partial charge on any atom is -0.349 e. The lowest BCUT2D eigenvalue weighted by Gasteiger charge is -2.33. The van der Waals surface area contributed by atoms with Gasteiger partial charge < -0.3 is 4.90 Å². The molecular formula is C13H16ClN3. The lowest BCUT2D eigenvalue weighted by atomic mass is 10.0. The van der Waals surface area contributed by atoms with Crippen LogP contribution in [0.3, 0.4) is 0 Å². The Morgan fingerprint density at radius 3 is 2.88 bits per heavy atom. The van der Waals surface area contributed by atoms with Gasteiger partial charge in [-0.05, 0) is 36.9 Å². The Balaban J connectivity index is 2.02. The Morgan fingerprint density at radius 1 is 1.35 bits per heavy atom. The summed E-state index contributed by atoms with van der Waals surface area (Å²) in [7, 11) is 0. The molecular weight excluding hydrogens is 234 g/mol. The van der Waals surface area contributed by atoms with Crippen molar-refractivity contribution in [3.8, 4) is 0 Å². The van der Waals surface area contributed by atoms with Crippen LogP contribution in [0.1, 0.15) is 38.2 Å². The number of rotatable bonds is 1. The Hall–Kier alpha value is -1.09. The lowest BCUT2D eigenvalue weighted by Crippen LogP contribution is -2.36. The van der Waals surface area contributed by atoms with Gasteiger partial charge in [-0.25, -0.2) is 4.98 Å². The summed E-state index contributed by atoms with van der Waals surface area (Å²) in [6, 6.07) is 0.629. The minimum absolute atomic E-state index is 0.349. The molecule has 2 heterocycles. The van der Waals surface area contributed by atoms with Crippen molar-refractivity contribution in [3.63, 3.8) is 0 Å². The fourth-order valence-electron chi connectivity index (χ4n) is 2.82. The smallest absolute Gasteiger partial charge is 0.224 e. The molecule has 0 amide bonds. The summed E-state index contributed by atoms with van der Waals surface area (Å²) in [5, 5.41) is 0.349. The molecule has 17 heavy (non-hydrogen) atoms. The average Bonchev–Trinajstić information content (AvgIpc) is 2.83. The molecule has 1 aliphatic heterocycles. The van der Waals surface area contributed by atoms with E-state index in [0.29, 0.717) is 11.3 Å². The van der Waals surface area contributed by atoms with Crippen molar-refractivity contribution in [2.75, 3.05) is 11.4 Å². The van der Waals surface area contributed by atoms with Crippen molar-refractivity contribution in [2.24, 2.45) is 0 Å². The van der Waals surface area contributed by atoms with E-state index < -0.39 is 0 Å². The van der Waals surface area contributed by atoms with Gasteiger partial charge in [-0.2, -0.15) is 4.98 Å². The molecule has 0 aromatic carbocycles. The molecule has 0 saturated heterocycles. The number of halogens is 1. The molecule has 1 aromatic rings. The first-order valence-electron chi connectivity index (χ1n) is 6.22. The van der Waals surface area contributed by atoms with Gasteiger partial charge >= 0.3 is 0 Å². The molecule has 0 spiro atoms. The molecule has 0 atom stereocenters. The molecule has 1 saturated carbocycles. The number of hydrogen-bond acceptors (Lipinski definition) is 3. The molecule has 0 radical (unpaired) electrons. The van der Waals surface area contributed by atoms with Gasteiger partial charge in [0.15, 0.2) is 0 Å². The maximum Gasteiger partial charge on any atom is 0.224 e. The Labute approximate surface area is 107 Å². The Bertz CT molecular complexity index is 464. The maximum atomic E-state index is 5.93. The molecule has 3 rings (SSSR count). The molecule has 2 aliphatic rings. The number of anilines is 1. The fraction of sp³-hybridized carbons (Fsp3) is 0.538. The summed E-state index contributed by atoms with van der Waals surface area (Å²) in [4.78, 5) is 10.9. The van der Waals surface area contributed by atoms with E-state index in [1.54, 1.807) is 0 Å². The van der Waals surface area contributed by atoms with E-state index >= 15 is 0 Å². The quantitative estimate of drug-likeness (QED) is 0.715. The minimum atomic E-state index is 0.349. The summed E-state index contributed by atoms with van der Waals surface area (Å²) in [5.41, 5.74) is 2.39. The highest BCUT2D eigenvalue weighted by atomic mass is 35.5. The SMILES string of the molecule is CC1=CCN(C2CCCC2)c2nc(Cl)ncc21. The first-order valence-corrected chi connectivity index (χ1v) is 6.60. The van der Waals surface area contributed by atoms with Crippen LogP contribution in [0.2, 0.25) is 5.28 Å². The van der Waals surface area contributed by atoms with E-state index in [9.17, 15) is 0 Å². The number of fused-ring (bicyclic) bond motifs is 1. The highest BCUT2D eigenvalue weighted by molar-refractivity contribution is 6.28. The van der Waals surface area contributed by atoms with Gasteiger partial charge in [0.2, 0.25) is 5.28 Å². The predicted molar refractivity (Wildman–Crippen MR) is 70.3 cm³/mol. The van der Waals surface area contributed by atoms with Crippen LogP contribution in [-0.4, -0.2) is 22.6 Å². The summed E-state index contributed by atoms with van der Waals surface area (Å²) in [6.45, 7) is 3.07. The van der Waals surface area contributed by atoms with E-state index in [-0.39, 0.29) is 0 Å². The van der Waals surface area contributed by atoms with E-state index in [2.05, 4.69) is 27.9 Å². The molecule has 0 bridgehead atoms. The molecule has 0 unspecified atom stereocenters. The van der Waals surface area contributed by atoms with Crippen molar-refractivity contribution in [1.29, 1.82) is 0 Å². The van der Waals surface area contributed by atoms with Crippen LogP contribution in [0.4, 0.5) is 5.82 Å². The molecule has 1 aromatic heterocycles. The van der Waals surface area contributed by atoms with Gasteiger partial charge in [-0.3, -0.25) is 0 Å². The van der Waals surface area contributed by atoms with Crippen LogP contribution in [0.15, 0.2) is 12.3 Å². The molecule has 1 fully saturated rings. The second kappa shape index (κ2) is 4.30. The second-order valence-corrected chi connectivity index (χ2v) is 5.19. The first kappa shape index (κ1) is 11.0. The summed E-state index contributed by atoms with van der Waals surface area (Å²) >= 11 is 5.93. The zero-order valence-corrected chi connectivity index (χ0v) is 10.7. The van der Waals surface area contributed by atoms with Crippen LogP contribution >= 0.6 is 11.6 Å². The highest BCUT2D eigenvalue weighted by Crippen LogP contribution is 2.35. The van der Waals surface area contributed by atoms with Crippen LogP contribution in [0, 0.1) is 0 Å². The number of aromatic nitrogens is 2. The zero-order chi connectivity index (χ0) is 11.8. The van der Waals surface area contributed by atoms with Gasteiger partial charge in [0, 0.05) is 24.3 Å². The largest absolute Gasteiger partial charge is 0.349 e. The second-order valence-electron chi connectivity index (χ2n) is 4.85. The monoisotopic (exact) mass is 249 g/mol. The van der Waals surface area contributed by atoms with Crippen molar-refractivity contribution >= 4 is 23.0 Å². The molecule has 4 heteroatoms. The highest BCUT2D eigenvalue weighted by Gasteiger charge is 2.27. The molecule has 0 N–H and O–H groups in total. The third-order valence-corrected chi connectivity index (χ3v) is 3.98. The predicted octanol–water partition coefficient (Wildman–Crippen LogP) is 3.30. The van der Waals surface area contributed by atoms with Gasteiger partial charge in [0.25, 0.3) is 0 Å². The van der Waals surface area contributed by atoms with Crippen LogP contribution in [0.25, 0.3) is 5.57 Å². The van der Waals surface area contributed by atoms with E-state index in [1.165, 1.54) is 31.3 Å². The van der Waals surface area contributed by atoms with Crippen LogP contribution in [0.5, 0.6) is 0 Å². The Kier molecular flexibility index (Phi) is 2.79. The molecule has 1 aliphatic carbocycles. The average molecular weight is 250 g/mol. The summed E-state index contributed by atoms with van der Waals surface area (Å²) in [5.74, 6) is 1.02. The number of nitrogens with zero attached hydrogens (tertiary/aromatic N) is 3. The lowest BCUT2D eigenvalue weighted by molar-refractivity contribution is 0.621. The summed E-state index contributed by atoms with van der Waals surface area (Å²) < 4.78 is 0. The standard InChI is InChI=1S/C13H16ClN3/c1-9-6-7-17(10-4-2-3-5-10)12-11(9)8-15-13(14)16-12/h6,8,10H,2-5,7H2,1H3. The first-order chi connectivity index (χ1) is 8.25. The molecule has 3 nitrogen and oxygen atoms in total. The van der Waals surface area contributed by atoms with E-state index in [1.807, 2.05) is 6.20 Å². The Morgan fingerprint density at radius 2 is 2.12 bits per heavy atom. The van der Waals surface area contributed by atoms with Gasteiger partial charge in [-0.1, -0.05) is 18.9 Å². The van der Waals surface area contributed by atoms with Crippen molar-refractivity contribution in [1.82, 2.24) is 9.97 Å². The number of allylic oxidation sites excluding steroid dienone is 1. The third kappa shape index (κ3) is 1.93. The maximum absolute atomic E-state index is 5.93. The van der Waals surface area contributed by atoms with Crippen LogP contribution < -0.4 is 4.90 Å². The topological polar surface area (TPSA) is 29.0 Å². The van der Waals surface area contributed by atoms with Gasteiger partial charge in [-0.15, -0.1) is 0 Å². The van der Waals surface area contributed by atoms with Gasteiger partial charge in [0.05, 0.1) is 0 Å². The van der Waals surface area contributed by atoms with Crippen molar-refractivity contribution in [3.05, 3.63) is 23.1 Å². The van der Waals surface area contributed by atoms with Gasteiger partial charge in [0.1, 0.15) is 5.82 Å².